The van der Waals surface area contributed by atoms with Crippen molar-refractivity contribution in [3.05, 3.63) is 0 Å². The van der Waals surface area contributed by atoms with Crippen molar-refractivity contribution in [2.24, 2.45) is 11.5 Å². The van der Waals surface area contributed by atoms with E-state index in [1.54, 1.807) is 0 Å². The quantitative estimate of drug-likeness (QED) is 0.674. The second-order valence-corrected chi connectivity index (χ2v) is 4.91. The first kappa shape index (κ1) is 12.9. The molecule has 0 aliphatic carbocycles. The Kier molecular flexibility index (Phi) is 5.53. The number of nitrogens with two attached hydrogens (primary N) is 2. The van der Waals surface area contributed by atoms with Gasteiger partial charge in [-0.05, 0) is 33.4 Å². The Balaban J connectivity index is 2.28. The first-order valence-electron chi connectivity index (χ1n) is 6.04. The van der Waals surface area contributed by atoms with Gasteiger partial charge in [0.15, 0.2) is 0 Å². The molecule has 0 spiro atoms. The van der Waals surface area contributed by atoms with Gasteiger partial charge in [0.1, 0.15) is 0 Å². The molecule has 2 atom stereocenters. The molecular formula is C11H26N4. The summed E-state index contributed by atoms with van der Waals surface area (Å²) in [4.78, 5) is 4.93. The molecule has 0 aromatic heterocycles. The number of hydrogen-bond acceptors (Lipinski definition) is 4. The number of rotatable bonds is 4. The molecule has 4 heteroatoms. The molecule has 1 aliphatic rings. The van der Waals surface area contributed by atoms with Crippen LogP contribution in [0.3, 0.4) is 0 Å². The first-order valence-corrected chi connectivity index (χ1v) is 6.04. The summed E-state index contributed by atoms with van der Waals surface area (Å²) >= 11 is 0. The molecule has 0 amide bonds. The highest BCUT2D eigenvalue weighted by Crippen LogP contribution is 2.03. The van der Waals surface area contributed by atoms with Crippen LogP contribution in [0.2, 0.25) is 0 Å². The SMILES string of the molecule is CC(N)CN1CCCN(CC(C)N)CC1. The predicted octanol–water partition coefficient (Wildman–Crippen LogP) is -0.311. The molecule has 15 heavy (non-hydrogen) atoms. The van der Waals surface area contributed by atoms with E-state index in [9.17, 15) is 0 Å². The fourth-order valence-electron chi connectivity index (χ4n) is 2.20. The van der Waals surface area contributed by atoms with Gasteiger partial charge in [0.05, 0.1) is 0 Å². The Morgan fingerprint density at radius 1 is 0.867 bits per heavy atom. The van der Waals surface area contributed by atoms with Crippen molar-refractivity contribution in [2.75, 3.05) is 39.3 Å². The molecule has 0 aromatic rings. The minimum absolute atomic E-state index is 0.282. The van der Waals surface area contributed by atoms with E-state index in [1.165, 1.54) is 19.5 Å². The number of hydrogen-bond donors (Lipinski definition) is 2. The van der Waals surface area contributed by atoms with E-state index in [0.29, 0.717) is 0 Å². The molecule has 0 aromatic carbocycles. The van der Waals surface area contributed by atoms with Crippen LogP contribution in [-0.4, -0.2) is 61.2 Å². The van der Waals surface area contributed by atoms with Crippen molar-refractivity contribution in [3.63, 3.8) is 0 Å². The van der Waals surface area contributed by atoms with Gasteiger partial charge in [-0.25, -0.2) is 0 Å². The third kappa shape index (κ3) is 5.47. The van der Waals surface area contributed by atoms with Crippen molar-refractivity contribution in [1.29, 1.82) is 0 Å². The summed E-state index contributed by atoms with van der Waals surface area (Å²) in [6.45, 7) is 10.8. The summed E-state index contributed by atoms with van der Waals surface area (Å²) in [6, 6.07) is 0.565. The average molecular weight is 214 g/mol. The topological polar surface area (TPSA) is 58.5 Å². The van der Waals surface area contributed by atoms with Crippen molar-refractivity contribution >= 4 is 0 Å². The highest BCUT2D eigenvalue weighted by molar-refractivity contribution is 4.73. The highest BCUT2D eigenvalue weighted by Gasteiger charge is 2.15. The molecule has 4 nitrogen and oxygen atoms in total. The lowest BCUT2D eigenvalue weighted by atomic mass is 10.3. The van der Waals surface area contributed by atoms with Crippen LogP contribution in [0.5, 0.6) is 0 Å². The molecule has 1 fully saturated rings. The second-order valence-electron chi connectivity index (χ2n) is 4.91. The lowest BCUT2D eigenvalue weighted by molar-refractivity contribution is 0.244. The summed E-state index contributed by atoms with van der Waals surface area (Å²) in [5, 5.41) is 0. The van der Waals surface area contributed by atoms with Gasteiger partial charge in [0.25, 0.3) is 0 Å². The van der Waals surface area contributed by atoms with Crippen molar-refractivity contribution < 1.29 is 0 Å². The molecular weight excluding hydrogens is 188 g/mol. The normalized spacial score (nSPS) is 24.8. The maximum atomic E-state index is 5.81. The lowest BCUT2D eigenvalue weighted by Crippen LogP contribution is -2.40. The van der Waals surface area contributed by atoms with Crippen LogP contribution in [0.1, 0.15) is 20.3 Å². The fourth-order valence-corrected chi connectivity index (χ4v) is 2.20. The summed E-state index contributed by atoms with van der Waals surface area (Å²) in [5.41, 5.74) is 11.6. The standard InChI is InChI=1S/C11H26N4/c1-10(12)8-14-4-3-5-15(7-6-14)9-11(2)13/h10-11H,3-9,12-13H2,1-2H3. The van der Waals surface area contributed by atoms with E-state index < -0.39 is 0 Å². The van der Waals surface area contributed by atoms with E-state index in [2.05, 4.69) is 23.6 Å². The van der Waals surface area contributed by atoms with Crippen LogP contribution in [0.4, 0.5) is 0 Å². The fraction of sp³-hybridized carbons (Fsp3) is 1.00. The molecule has 0 bridgehead atoms. The van der Waals surface area contributed by atoms with Crippen molar-refractivity contribution in [2.45, 2.75) is 32.4 Å². The van der Waals surface area contributed by atoms with E-state index >= 15 is 0 Å². The molecule has 90 valence electrons. The molecule has 0 saturated carbocycles. The zero-order chi connectivity index (χ0) is 11.3. The Morgan fingerprint density at radius 3 is 1.60 bits per heavy atom. The molecule has 2 unspecified atom stereocenters. The zero-order valence-corrected chi connectivity index (χ0v) is 10.2. The second kappa shape index (κ2) is 6.43. The summed E-state index contributed by atoms with van der Waals surface area (Å²) in [7, 11) is 0. The van der Waals surface area contributed by atoms with Gasteiger partial charge in [-0.2, -0.15) is 0 Å². The molecule has 1 saturated heterocycles. The molecule has 1 rings (SSSR count). The Hall–Kier alpha value is -0.160. The van der Waals surface area contributed by atoms with Gasteiger partial charge < -0.3 is 21.3 Å². The molecule has 4 N–H and O–H groups in total. The van der Waals surface area contributed by atoms with Gasteiger partial charge in [0.2, 0.25) is 0 Å². The van der Waals surface area contributed by atoms with Crippen LogP contribution < -0.4 is 11.5 Å². The van der Waals surface area contributed by atoms with Gasteiger partial charge in [-0.15, -0.1) is 0 Å². The zero-order valence-electron chi connectivity index (χ0n) is 10.2. The Bertz CT molecular complexity index is 152. The molecule has 1 aliphatic heterocycles. The average Bonchev–Trinajstić information content (AvgIpc) is 2.29. The first-order chi connectivity index (χ1) is 7.08. The lowest BCUT2D eigenvalue weighted by Gasteiger charge is -2.23. The smallest absolute Gasteiger partial charge is 0.0139 e. The van der Waals surface area contributed by atoms with E-state index in [4.69, 9.17) is 11.5 Å². The van der Waals surface area contributed by atoms with Crippen LogP contribution in [0.15, 0.2) is 0 Å². The predicted molar refractivity (Wildman–Crippen MR) is 64.8 cm³/mol. The maximum Gasteiger partial charge on any atom is 0.0139 e. The minimum atomic E-state index is 0.282. The van der Waals surface area contributed by atoms with Crippen molar-refractivity contribution in [1.82, 2.24) is 9.80 Å². The molecule has 1 heterocycles. The van der Waals surface area contributed by atoms with E-state index in [1.807, 2.05) is 0 Å². The monoisotopic (exact) mass is 214 g/mol. The molecule has 0 radical (unpaired) electrons. The summed E-state index contributed by atoms with van der Waals surface area (Å²) in [5.74, 6) is 0. The Labute approximate surface area is 93.6 Å². The van der Waals surface area contributed by atoms with Crippen LogP contribution >= 0.6 is 0 Å². The maximum absolute atomic E-state index is 5.81. The van der Waals surface area contributed by atoms with E-state index in [0.717, 1.165) is 26.2 Å². The van der Waals surface area contributed by atoms with Crippen molar-refractivity contribution in [3.8, 4) is 0 Å². The van der Waals surface area contributed by atoms with Gasteiger partial charge in [-0.1, -0.05) is 0 Å². The van der Waals surface area contributed by atoms with Gasteiger partial charge in [-0.3, -0.25) is 0 Å². The van der Waals surface area contributed by atoms with Crippen LogP contribution in [0.25, 0.3) is 0 Å². The number of nitrogens with zero attached hydrogens (tertiary/aromatic N) is 2. The third-order valence-corrected chi connectivity index (χ3v) is 2.77. The Morgan fingerprint density at radius 2 is 1.27 bits per heavy atom. The van der Waals surface area contributed by atoms with Crippen LogP contribution in [-0.2, 0) is 0 Å². The summed E-state index contributed by atoms with van der Waals surface area (Å²) < 4.78 is 0. The van der Waals surface area contributed by atoms with Gasteiger partial charge >= 0.3 is 0 Å². The van der Waals surface area contributed by atoms with Gasteiger partial charge in [0, 0.05) is 38.3 Å². The largest absolute Gasteiger partial charge is 0.327 e. The summed E-state index contributed by atoms with van der Waals surface area (Å²) in [6.07, 6.45) is 1.24. The highest BCUT2D eigenvalue weighted by atomic mass is 15.2. The van der Waals surface area contributed by atoms with Crippen LogP contribution in [0, 0.1) is 0 Å². The minimum Gasteiger partial charge on any atom is -0.327 e. The van der Waals surface area contributed by atoms with E-state index in [-0.39, 0.29) is 12.1 Å². The third-order valence-electron chi connectivity index (χ3n) is 2.77.